The number of amides is 1. The summed E-state index contributed by atoms with van der Waals surface area (Å²) in [5.74, 6) is 0.151. The van der Waals surface area contributed by atoms with E-state index < -0.39 is 11.9 Å². The molecule has 3 N–H and O–H groups in total. The van der Waals surface area contributed by atoms with Gasteiger partial charge in [-0.3, -0.25) is 14.9 Å². The van der Waals surface area contributed by atoms with E-state index in [0.717, 1.165) is 18.1 Å². The minimum Gasteiger partial charge on any atom is -0.481 e. The van der Waals surface area contributed by atoms with Gasteiger partial charge < -0.3 is 10.4 Å². The van der Waals surface area contributed by atoms with Gasteiger partial charge in [0.25, 0.3) is 0 Å². The van der Waals surface area contributed by atoms with Crippen molar-refractivity contribution in [2.75, 3.05) is 18.2 Å². The van der Waals surface area contributed by atoms with Crippen LogP contribution < -0.4 is 10.6 Å². The van der Waals surface area contributed by atoms with Gasteiger partial charge in [-0.15, -0.1) is 11.8 Å². The third kappa shape index (κ3) is 4.02. The molecule has 6 heteroatoms. The van der Waals surface area contributed by atoms with Gasteiger partial charge in [0, 0.05) is 18.2 Å². The van der Waals surface area contributed by atoms with E-state index in [0.29, 0.717) is 6.42 Å². The highest BCUT2D eigenvalue weighted by Gasteiger charge is 2.24. The maximum atomic E-state index is 11.6. The Bertz CT molecular complexity index is 254. The van der Waals surface area contributed by atoms with Crippen LogP contribution in [0.4, 0.5) is 0 Å². The van der Waals surface area contributed by atoms with E-state index in [1.54, 1.807) is 11.8 Å². The highest BCUT2D eigenvalue weighted by atomic mass is 32.2. The first kappa shape index (κ1) is 13.3. The number of carboxylic acid groups (broad SMARTS) is 1. The van der Waals surface area contributed by atoms with Crippen LogP contribution in [0.3, 0.4) is 0 Å². The third-order valence-electron chi connectivity index (χ3n) is 2.54. The van der Waals surface area contributed by atoms with Gasteiger partial charge in [0.15, 0.2) is 0 Å². The van der Waals surface area contributed by atoms with Crippen molar-refractivity contribution in [1.29, 1.82) is 0 Å². The van der Waals surface area contributed by atoms with E-state index in [1.807, 2.05) is 6.92 Å². The maximum Gasteiger partial charge on any atom is 0.308 e. The fourth-order valence-corrected chi connectivity index (χ4v) is 2.51. The number of carbonyl (C=O) groups is 2. The van der Waals surface area contributed by atoms with Crippen molar-refractivity contribution in [1.82, 2.24) is 10.6 Å². The van der Waals surface area contributed by atoms with Crippen LogP contribution in [0, 0.1) is 5.92 Å². The number of thioether (sulfide) groups is 1. The van der Waals surface area contributed by atoms with Crippen molar-refractivity contribution in [3.8, 4) is 0 Å². The first-order valence-electron chi connectivity index (χ1n) is 5.46. The Kier molecular flexibility index (Phi) is 5.62. The molecule has 0 saturated carbocycles. The molecule has 2 atom stereocenters. The minimum absolute atomic E-state index is 0.0904. The molecule has 1 amide bonds. The molecule has 0 bridgehead atoms. The fourth-order valence-electron chi connectivity index (χ4n) is 1.57. The number of aliphatic carboxylic acids is 1. The molecule has 0 aliphatic carbocycles. The van der Waals surface area contributed by atoms with Crippen LogP contribution >= 0.6 is 11.8 Å². The summed E-state index contributed by atoms with van der Waals surface area (Å²) in [6, 6.07) is -0.166. The third-order valence-corrected chi connectivity index (χ3v) is 3.48. The molecule has 0 radical (unpaired) electrons. The molecule has 0 aromatic rings. The summed E-state index contributed by atoms with van der Waals surface area (Å²) in [7, 11) is 0. The van der Waals surface area contributed by atoms with Gasteiger partial charge in [0.1, 0.15) is 0 Å². The molecular formula is C10H18N2O3S. The van der Waals surface area contributed by atoms with Crippen LogP contribution in [0.1, 0.15) is 19.8 Å². The number of nitrogens with one attached hydrogen (secondary N) is 2. The Balaban J connectivity index is 2.30. The van der Waals surface area contributed by atoms with Crippen LogP contribution in [0.5, 0.6) is 0 Å². The lowest BCUT2D eigenvalue weighted by Crippen LogP contribution is -2.44. The Labute approximate surface area is 99.4 Å². The van der Waals surface area contributed by atoms with E-state index in [9.17, 15) is 9.59 Å². The highest BCUT2D eigenvalue weighted by molar-refractivity contribution is 7.99. The zero-order valence-electron chi connectivity index (χ0n) is 9.36. The lowest BCUT2D eigenvalue weighted by atomic mass is 10.0. The van der Waals surface area contributed by atoms with Gasteiger partial charge >= 0.3 is 5.97 Å². The van der Waals surface area contributed by atoms with E-state index in [4.69, 9.17) is 5.11 Å². The summed E-state index contributed by atoms with van der Waals surface area (Å²) >= 11 is 1.67. The lowest BCUT2D eigenvalue weighted by molar-refractivity contribution is -0.142. The van der Waals surface area contributed by atoms with Crippen LogP contribution in [0.15, 0.2) is 0 Å². The van der Waals surface area contributed by atoms with E-state index in [1.165, 1.54) is 0 Å². The SMILES string of the molecule is CCCC(CNC(=O)C1CSCN1)C(=O)O. The Hall–Kier alpha value is -0.750. The standard InChI is InChI=1S/C10H18N2O3S/c1-2-3-7(10(14)15)4-11-9(13)8-5-16-6-12-8/h7-8,12H,2-6H2,1H3,(H,11,13)(H,14,15). The van der Waals surface area contributed by atoms with Gasteiger partial charge in [-0.25, -0.2) is 0 Å². The summed E-state index contributed by atoms with van der Waals surface area (Å²) in [6.07, 6.45) is 1.41. The molecule has 1 heterocycles. The summed E-state index contributed by atoms with van der Waals surface area (Å²) in [4.78, 5) is 22.4. The van der Waals surface area contributed by atoms with Crippen molar-refractivity contribution in [3.05, 3.63) is 0 Å². The zero-order chi connectivity index (χ0) is 12.0. The van der Waals surface area contributed by atoms with Crippen molar-refractivity contribution >= 4 is 23.6 Å². The second kappa shape index (κ2) is 6.75. The quantitative estimate of drug-likeness (QED) is 0.627. The van der Waals surface area contributed by atoms with Crippen molar-refractivity contribution in [3.63, 3.8) is 0 Å². The first-order valence-corrected chi connectivity index (χ1v) is 6.62. The highest BCUT2D eigenvalue weighted by Crippen LogP contribution is 2.10. The minimum atomic E-state index is -0.837. The second-order valence-corrected chi connectivity index (χ2v) is 4.87. The van der Waals surface area contributed by atoms with Crippen LogP contribution in [0.25, 0.3) is 0 Å². The van der Waals surface area contributed by atoms with Crippen molar-refractivity contribution in [2.24, 2.45) is 5.92 Å². The van der Waals surface area contributed by atoms with Crippen LogP contribution in [-0.4, -0.2) is 41.2 Å². The van der Waals surface area contributed by atoms with Gasteiger partial charge in [-0.2, -0.15) is 0 Å². The molecule has 1 aliphatic rings. The summed E-state index contributed by atoms with van der Waals surface area (Å²) < 4.78 is 0. The molecule has 92 valence electrons. The molecule has 1 aliphatic heterocycles. The van der Waals surface area contributed by atoms with E-state index in [2.05, 4.69) is 10.6 Å². The molecular weight excluding hydrogens is 228 g/mol. The predicted octanol–water partition coefficient (Wildman–Crippen LogP) is 0.266. The van der Waals surface area contributed by atoms with Gasteiger partial charge in [0.05, 0.1) is 12.0 Å². The smallest absolute Gasteiger partial charge is 0.308 e. The number of hydrogen-bond acceptors (Lipinski definition) is 4. The predicted molar refractivity (Wildman–Crippen MR) is 63.3 cm³/mol. The molecule has 1 rings (SSSR count). The van der Waals surface area contributed by atoms with E-state index in [-0.39, 0.29) is 18.5 Å². The summed E-state index contributed by atoms with van der Waals surface area (Å²) in [6.45, 7) is 2.16. The summed E-state index contributed by atoms with van der Waals surface area (Å²) in [5.41, 5.74) is 0. The molecule has 0 aromatic heterocycles. The number of rotatable bonds is 6. The Morgan fingerprint density at radius 2 is 2.38 bits per heavy atom. The Morgan fingerprint density at radius 3 is 2.88 bits per heavy atom. The molecule has 0 spiro atoms. The first-order chi connectivity index (χ1) is 7.65. The lowest BCUT2D eigenvalue weighted by Gasteiger charge is -2.14. The second-order valence-electron chi connectivity index (χ2n) is 3.84. The summed E-state index contributed by atoms with van der Waals surface area (Å²) in [5, 5.41) is 14.7. The molecule has 2 unspecified atom stereocenters. The number of carbonyl (C=O) groups excluding carboxylic acids is 1. The maximum absolute atomic E-state index is 11.6. The number of carboxylic acids is 1. The normalized spacial score (nSPS) is 21.7. The molecule has 0 aromatic carbocycles. The monoisotopic (exact) mass is 246 g/mol. The van der Waals surface area contributed by atoms with Crippen LogP contribution in [0.2, 0.25) is 0 Å². The molecule has 16 heavy (non-hydrogen) atoms. The van der Waals surface area contributed by atoms with E-state index >= 15 is 0 Å². The average molecular weight is 246 g/mol. The molecule has 1 fully saturated rings. The fraction of sp³-hybridized carbons (Fsp3) is 0.800. The molecule has 5 nitrogen and oxygen atoms in total. The largest absolute Gasteiger partial charge is 0.481 e. The topological polar surface area (TPSA) is 78.4 Å². The zero-order valence-corrected chi connectivity index (χ0v) is 10.2. The Morgan fingerprint density at radius 1 is 1.62 bits per heavy atom. The van der Waals surface area contributed by atoms with Gasteiger partial charge in [-0.05, 0) is 6.42 Å². The van der Waals surface area contributed by atoms with Crippen LogP contribution in [-0.2, 0) is 9.59 Å². The van der Waals surface area contributed by atoms with Crippen molar-refractivity contribution < 1.29 is 14.7 Å². The molecule has 1 saturated heterocycles. The van der Waals surface area contributed by atoms with Gasteiger partial charge in [0.2, 0.25) is 5.91 Å². The average Bonchev–Trinajstić information content (AvgIpc) is 2.76. The van der Waals surface area contributed by atoms with Crippen molar-refractivity contribution in [2.45, 2.75) is 25.8 Å². The number of hydrogen-bond donors (Lipinski definition) is 3. The van der Waals surface area contributed by atoms with Gasteiger partial charge in [-0.1, -0.05) is 13.3 Å².